The van der Waals surface area contributed by atoms with Gasteiger partial charge >= 0.3 is 6.36 Å². The highest BCUT2D eigenvalue weighted by molar-refractivity contribution is 5.37. The van der Waals surface area contributed by atoms with Crippen molar-refractivity contribution in [2.45, 2.75) is 18.8 Å². The largest absolute Gasteiger partial charge is 0.573 e. The van der Waals surface area contributed by atoms with Crippen molar-refractivity contribution in [2.24, 2.45) is 5.73 Å². The number of para-hydroxylation sites is 1. The van der Waals surface area contributed by atoms with Crippen LogP contribution in [0.15, 0.2) is 48.5 Å². The van der Waals surface area contributed by atoms with Crippen LogP contribution in [0.2, 0.25) is 0 Å². The summed E-state index contributed by atoms with van der Waals surface area (Å²) in [6, 6.07) is 10.7. The first kappa shape index (κ1) is 15.3. The van der Waals surface area contributed by atoms with Crippen LogP contribution in [0.3, 0.4) is 0 Å². The van der Waals surface area contributed by atoms with Crippen LogP contribution in [0.5, 0.6) is 5.75 Å². The van der Waals surface area contributed by atoms with Crippen LogP contribution in [0, 0.1) is 5.82 Å². The fourth-order valence-electron chi connectivity index (χ4n) is 1.99. The van der Waals surface area contributed by atoms with Crippen molar-refractivity contribution in [3.05, 3.63) is 65.5 Å². The number of hydrogen-bond donors (Lipinski definition) is 1. The number of halogens is 4. The molecule has 1 atom stereocenters. The number of nitrogens with two attached hydrogens (primary N) is 1. The summed E-state index contributed by atoms with van der Waals surface area (Å²) in [6.07, 6.45) is -4.50. The van der Waals surface area contributed by atoms with Crippen molar-refractivity contribution in [1.82, 2.24) is 0 Å². The molecular formula is C15H13F4NO. The SMILES string of the molecule is NC(Cc1ccc(F)cc1)c1ccccc1OC(F)(F)F. The fraction of sp³-hybridized carbons (Fsp3) is 0.200. The molecule has 6 heteroatoms. The second-order valence-electron chi connectivity index (χ2n) is 4.52. The zero-order valence-corrected chi connectivity index (χ0v) is 10.9. The lowest BCUT2D eigenvalue weighted by Gasteiger charge is -2.18. The van der Waals surface area contributed by atoms with Gasteiger partial charge in [-0.25, -0.2) is 4.39 Å². The first-order valence-electron chi connectivity index (χ1n) is 6.20. The summed E-state index contributed by atoms with van der Waals surface area (Å²) in [5, 5.41) is 0. The van der Waals surface area contributed by atoms with Crippen molar-refractivity contribution in [2.75, 3.05) is 0 Å². The van der Waals surface area contributed by atoms with Crippen LogP contribution in [0.25, 0.3) is 0 Å². The van der Waals surface area contributed by atoms with Gasteiger partial charge in [0.1, 0.15) is 11.6 Å². The maximum Gasteiger partial charge on any atom is 0.573 e. The maximum absolute atomic E-state index is 12.8. The molecule has 0 radical (unpaired) electrons. The molecule has 2 nitrogen and oxygen atoms in total. The molecule has 2 rings (SSSR count). The van der Waals surface area contributed by atoms with E-state index < -0.39 is 12.4 Å². The molecule has 0 aliphatic carbocycles. The molecule has 0 heterocycles. The summed E-state index contributed by atoms with van der Waals surface area (Å²) in [4.78, 5) is 0. The van der Waals surface area contributed by atoms with Crippen molar-refractivity contribution >= 4 is 0 Å². The van der Waals surface area contributed by atoms with E-state index in [9.17, 15) is 17.6 Å². The van der Waals surface area contributed by atoms with Crippen LogP contribution in [0.1, 0.15) is 17.2 Å². The summed E-state index contributed by atoms with van der Waals surface area (Å²) < 4.78 is 53.8. The molecule has 1 unspecified atom stereocenters. The van der Waals surface area contributed by atoms with Gasteiger partial charge in [-0.1, -0.05) is 30.3 Å². The van der Waals surface area contributed by atoms with Gasteiger partial charge in [-0.05, 0) is 30.2 Å². The van der Waals surface area contributed by atoms with Gasteiger partial charge in [-0.2, -0.15) is 0 Å². The highest BCUT2D eigenvalue weighted by Crippen LogP contribution is 2.30. The average Bonchev–Trinajstić information content (AvgIpc) is 2.40. The second kappa shape index (κ2) is 6.13. The Morgan fingerprint density at radius 2 is 1.62 bits per heavy atom. The number of hydrogen-bond acceptors (Lipinski definition) is 2. The van der Waals surface area contributed by atoms with E-state index in [0.29, 0.717) is 0 Å². The summed E-state index contributed by atoms with van der Waals surface area (Å²) in [5.74, 6) is -0.701. The van der Waals surface area contributed by atoms with E-state index in [0.717, 1.165) is 5.56 Å². The first-order valence-corrected chi connectivity index (χ1v) is 6.20. The molecule has 0 saturated carbocycles. The van der Waals surface area contributed by atoms with Crippen LogP contribution < -0.4 is 10.5 Å². The molecule has 0 bridgehead atoms. The van der Waals surface area contributed by atoms with Crippen molar-refractivity contribution in [3.63, 3.8) is 0 Å². The molecule has 112 valence electrons. The molecule has 0 aliphatic rings. The molecule has 0 spiro atoms. The minimum absolute atomic E-state index is 0.249. The van der Waals surface area contributed by atoms with Gasteiger partial charge in [0.15, 0.2) is 0 Å². The molecule has 2 aromatic rings. The van der Waals surface area contributed by atoms with Gasteiger partial charge in [0.05, 0.1) is 0 Å². The third-order valence-corrected chi connectivity index (χ3v) is 2.91. The fourth-order valence-corrected chi connectivity index (χ4v) is 1.99. The minimum Gasteiger partial charge on any atom is -0.405 e. The smallest absolute Gasteiger partial charge is 0.405 e. The van der Waals surface area contributed by atoms with E-state index in [-0.39, 0.29) is 23.6 Å². The van der Waals surface area contributed by atoms with Gasteiger partial charge in [-0.3, -0.25) is 0 Å². The van der Waals surface area contributed by atoms with Crippen LogP contribution in [-0.4, -0.2) is 6.36 Å². The quantitative estimate of drug-likeness (QED) is 0.867. The van der Waals surface area contributed by atoms with Gasteiger partial charge in [0.25, 0.3) is 0 Å². The Balaban J connectivity index is 2.18. The molecule has 0 aliphatic heterocycles. The number of alkyl halides is 3. The van der Waals surface area contributed by atoms with E-state index in [1.54, 1.807) is 18.2 Å². The standard InChI is InChI=1S/C15H13F4NO/c16-11-7-5-10(6-8-11)9-13(20)12-3-1-2-4-14(12)21-15(17,18)19/h1-8,13H,9,20H2. The Hall–Kier alpha value is -2.08. The van der Waals surface area contributed by atoms with E-state index in [4.69, 9.17) is 5.73 Å². The van der Waals surface area contributed by atoms with Crippen molar-refractivity contribution < 1.29 is 22.3 Å². The summed E-state index contributed by atoms with van der Waals surface area (Å²) in [5.41, 5.74) is 6.92. The van der Waals surface area contributed by atoms with Gasteiger partial charge < -0.3 is 10.5 Å². The molecule has 21 heavy (non-hydrogen) atoms. The molecule has 0 aromatic heterocycles. The lowest BCUT2D eigenvalue weighted by Crippen LogP contribution is -2.21. The van der Waals surface area contributed by atoms with Crippen LogP contribution >= 0.6 is 0 Å². The predicted molar refractivity (Wildman–Crippen MR) is 70.2 cm³/mol. The highest BCUT2D eigenvalue weighted by atomic mass is 19.4. The number of ether oxygens (including phenoxy) is 1. The third kappa shape index (κ3) is 4.46. The Kier molecular flexibility index (Phi) is 4.47. The Bertz CT molecular complexity index is 595. The highest BCUT2D eigenvalue weighted by Gasteiger charge is 2.32. The molecule has 2 N–H and O–H groups in total. The number of rotatable bonds is 4. The van der Waals surface area contributed by atoms with E-state index in [1.165, 1.54) is 30.3 Å². The lowest BCUT2D eigenvalue weighted by atomic mass is 9.99. The minimum atomic E-state index is -4.77. The third-order valence-electron chi connectivity index (χ3n) is 2.91. The summed E-state index contributed by atoms with van der Waals surface area (Å²) in [7, 11) is 0. The van der Waals surface area contributed by atoms with Gasteiger partial charge in [0.2, 0.25) is 0 Å². The van der Waals surface area contributed by atoms with Gasteiger partial charge in [0, 0.05) is 11.6 Å². The van der Waals surface area contributed by atoms with Crippen molar-refractivity contribution in [1.29, 1.82) is 0 Å². The summed E-state index contributed by atoms with van der Waals surface area (Å²) >= 11 is 0. The molecule has 0 saturated heterocycles. The first-order chi connectivity index (χ1) is 9.85. The molecule has 2 aromatic carbocycles. The van der Waals surface area contributed by atoms with E-state index in [1.807, 2.05) is 0 Å². The Morgan fingerprint density at radius 1 is 1.00 bits per heavy atom. The normalized spacial score (nSPS) is 13.0. The Morgan fingerprint density at radius 3 is 2.24 bits per heavy atom. The second-order valence-corrected chi connectivity index (χ2v) is 4.52. The van der Waals surface area contributed by atoms with Gasteiger partial charge in [-0.15, -0.1) is 13.2 Å². The monoisotopic (exact) mass is 299 g/mol. The lowest BCUT2D eigenvalue weighted by molar-refractivity contribution is -0.275. The molecule has 0 fully saturated rings. The number of benzene rings is 2. The zero-order chi connectivity index (χ0) is 15.5. The van der Waals surface area contributed by atoms with Crippen LogP contribution in [0.4, 0.5) is 17.6 Å². The Labute approximate surface area is 119 Å². The van der Waals surface area contributed by atoms with Crippen molar-refractivity contribution in [3.8, 4) is 5.75 Å². The maximum atomic E-state index is 12.8. The zero-order valence-electron chi connectivity index (χ0n) is 10.9. The van der Waals surface area contributed by atoms with E-state index in [2.05, 4.69) is 4.74 Å². The summed E-state index contributed by atoms with van der Waals surface area (Å²) in [6.45, 7) is 0. The average molecular weight is 299 g/mol. The molecular weight excluding hydrogens is 286 g/mol. The molecule has 0 amide bonds. The van der Waals surface area contributed by atoms with Crippen LogP contribution in [-0.2, 0) is 6.42 Å². The van der Waals surface area contributed by atoms with E-state index >= 15 is 0 Å². The predicted octanol–water partition coefficient (Wildman–Crippen LogP) is 3.97. The topological polar surface area (TPSA) is 35.2 Å².